The molecular formula is C14H24N2O3. The van der Waals surface area contributed by atoms with E-state index in [4.69, 9.17) is 5.11 Å². The van der Waals surface area contributed by atoms with Gasteiger partial charge in [-0.2, -0.15) is 0 Å². The van der Waals surface area contributed by atoms with E-state index in [9.17, 15) is 9.59 Å². The van der Waals surface area contributed by atoms with E-state index in [0.29, 0.717) is 31.8 Å². The number of nitrogens with zero attached hydrogens (tertiary/aromatic N) is 2. The molecule has 5 nitrogen and oxygen atoms in total. The van der Waals surface area contributed by atoms with Gasteiger partial charge in [-0.3, -0.25) is 4.79 Å². The Kier molecular flexibility index (Phi) is 4.66. The van der Waals surface area contributed by atoms with Crippen molar-refractivity contribution in [3.05, 3.63) is 0 Å². The number of hydrogen-bond donors (Lipinski definition) is 1. The third-order valence-corrected chi connectivity index (χ3v) is 4.37. The number of amides is 2. The lowest BCUT2D eigenvalue weighted by atomic mass is 9.97. The molecule has 2 fully saturated rings. The molecule has 5 heteroatoms. The summed E-state index contributed by atoms with van der Waals surface area (Å²) in [6, 6.07) is 0.113. The van der Waals surface area contributed by atoms with Crippen molar-refractivity contribution >= 4 is 12.0 Å². The number of hydrogen-bond acceptors (Lipinski definition) is 2. The van der Waals surface area contributed by atoms with Crippen LogP contribution in [0.25, 0.3) is 0 Å². The Morgan fingerprint density at radius 2 is 1.74 bits per heavy atom. The topological polar surface area (TPSA) is 60.9 Å². The van der Waals surface area contributed by atoms with Gasteiger partial charge in [-0.05, 0) is 31.6 Å². The van der Waals surface area contributed by atoms with Crippen molar-refractivity contribution in [3.63, 3.8) is 0 Å². The first-order valence-electron chi connectivity index (χ1n) is 7.38. The molecule has 108 valence electrons. The van der Waals surface area contributed by atoms with E-state index >= 15 is 0 Å². The van der Waals surface area contributed by atoms with Gasteiger partial charge >= 0.3 is 12.0 Å². The molecule has 1 N–H and O–H groups in total. The Morgan fingerprint density at radius 3 is 2.32 bits per heavy atom. The van der Waals surface area contributed by atoms with E-state index in [1.807, 2.05) is 9.80 Å². The van der Waals surface area contributed by atoms with E-state index in [0.717, 1.165) is 19.5 Å². The molecule has 2 aliphatic rings. The molecule has 2 rings (SSSR count). The molecule has 0 saturated carbocycles. The first kappa shape index (κ1) is 14.2. The summed E-state index contributed by atoms with van der Waals surface area (Å²) in [4.78, 5) is 27.0. The highest BCUT2D eigenvalue weighted by atomic mass is 16.4. The van der Waals surface area contributed by atoms with Crippen LogP contribution in [-0.2, 0) is 4.79 Å². The van der Waals surface area contributed by atoms with E-state index in [2.05, 4.69) is 6.92 Å². The first-order chi connectivity index (χ1) is 9.11. The summed E-state index contributed by atoms with van der Waals surface area (Å²) in [7, 11) is 0. The Morgan fingerprint density at radius 1 is 1.11 bits per heavy atom. The third kappa shape index (κ3) is 3.39. The molecule has 19 heavy (non-hydrogen) atoms. The quantitative estimate of drug-likeness (QED) is 0.852. The summed E-state index contributed by atoms with van der Waals surface area (Å²) in [5.74, 6) is -0.336. The second-order valence-electron chi connectivity index (χ2n) is 5.77. The summed E-state index contributed by atoms with van der Waals surface area (Å²) in [6.07, 6.45) is 4.67. The Hall–Kier alpha value is -1.26. The molecule has 0 aliphatic carbocycles. The van der Waals surface area contributed by atoms with Crippen LogP contribution in [0.2, 0.25) is 0 Å². The zero-order valence-corrected chi connectivity index (χ0v) is 11.7. The molecule has 0 spiro atoms. The van der Waals surface area contributed by atoms with Crippen molar-refractivity contribution in [2.45, 2.75) is 39.0 Å². The number of urea groups is 1. The number of carbonyl (C=O) groups is 2. The van der Waals surface area contributed by atoms with Gasteiger partial charge in [0, 0.05) is 26.2 Å². The van der Waals surface area contributed by atoms with Gasteiger partial charge in [0.1, 0.15) is 0 Å². The standard InChI is InChI=1S/C14H24N2O3/c1-2-3-11-4-7-16(10-11)14(19)15-8-5-12(6-9-15)13(17)18/h11-12H,2-10H2,1H3,(H,17,18). The summed E-state index contributed by atoms with van der Waals surface area (Å²) < 4.78 is 0. The number of likely N-dealkylation sites (tertiary alicyclic amines) is 2. The van der Waals surface area contributed by atoms with Crippen molar-refractivity contribution in [2.75, 3.05) is 26.2 Å². The van der Waals surface area contributed by atoms with Crippen molar-refractivity contribution in [3.8, 4) is 0 Å². The van der Waals surface area contributed by atoms with Crippen LogP contribution in [0.3, 0.4) is 0 Å². The molecule has 0 aromatic heterocycles. The normalized spacial score (nSPS) is 24.8. The van der Waals surface area contributed by atoms with Gasteiger partial charge in [0.15, 0.2) is 0 Å². The second kappa shape index (κ2) is 6.26. The Balaban J connectivity index is 1.80. The maximum Gasteiger partial charge on any atom is 0.320 e. The van der Waals surface area contributed by atoms with Crippen LogP contribution in [0, 0.1) is 11.8 Å². The van der Waals surface area contributed by atoms with Crippen LogP contribution in [0.1, 0.15) is 39.0 Å². The largest absolute Gasteiger partial charge is 0.481 e. The number of piperidine rings is 1. The second-order valence-corrected chi connectivity index (χ2v) is 5.77. The van der Waals surface area contributed by atoms with Gasteiger partial charge in [-0.15, -0.1) is 0 Å². The number of carbonyl (C=O) groups excluding carboxylic acids is 1. The van der Waals surface area contributed by atoms with Crippen molar-refractivity contribution in [1.82, 2.24) is 9.80 Å². The molecule has 0 aromatic rings. The van der Waals surface area contributed by atoms with Crippen molar-refractivity contribution in [1.29, 1.82) is 0 Å². The van der Waals surface area contributed by atoms with Crippen LogP contribution >= 0.6 is 0 Å². The highest BCUT2D eigenvalue weighted by molar-refractivity contribution is 5.75. The Labute approximate surface area is 114 Å². The minimum absolute atomic E-state index is 0.113. The minimum atomic E-state index is -0.726. The van der Waals surface area contributed by atoms with Crippen LogP contribution < -0.4 is 0 Å². The monoisotopic (exact) mass is 268 g/mol. The van der Waals surface area contributed by atoms with E-state index in [1.165, 1.54) is 12.8 Å². The average Bonchev–Trinajstić information content (AvgIpc) is 2.87. The number of aliphatic carboxylic acids is 1. The highest BCUT2D eigenvalue weighted by Crippen LogP contribution is 2.24. The molecule has 0 aromatic carbocycles. The summed E-state index contributed by atoms with van der Waals surface area (Å²) in [5, 5.41) is 8.95. The lowest BCUT2D eigenvalue weighted by molar-refractivity contribution is -0.143. The van der Waals surface area contributed by atoms with E-state index in [1.54, 1.807) is 0 Å². The average molecular weight is 268 g/mol. The van der Waals surface area contributed by atoms with Crippen LogP contribution in [0.15, 0.2) is 0 Å². The maximum absolute atomic E-state index is 12.3. The van der Waals surface area contributed by atoms with Crippen LogP contribution in [-0.4, -0.2) is 53.1 Å². The van der Waals surface area contributed by atoms with Gasteiger partial charge in [0.25, 0.3) is 0 Å². The zero-order valence-electron chi connectivity index (χ0n) is 11.7. The maximum atomic E-state index is 12.3. The highest BCUT2D eigenvalue weighted by Gasteiger charge is 2.32. The number of carboxylic acids is 1. The predicted octanol–water partition coefficient (Wildman–Crippen LogP) is 2.03. The molecule has 0 bridgehead atoms. The van der Waals surface area contributed by atoms with Crippen LogP contribution in [0.5, 0.6) is 0 Å². The minimum Gasteiger partial charge on any atom is -0.481 e. The fourth-order valence-corrected chi connectivity index (χ4v) is 3.17. The summed E-state index contributed by atoms with van der Waals surface area (Å²) in [6.45, 7) is 5.10. The molecule has 1 unspecified atom stereocenters. The lowest BCUT2D eigenvalue weighted by Crippen LogP contribution is -2.46. The van der Waals surface area contributed by atoms with Crippen LogP contribution in [0.4, 0.5) is 4.79 Å². The van der Waals surface area contributed by atoms with Crippen molar-refractivity contribution < 1.29 is 14.7 Å². The Bertz CT molecular complexity index is 338. The predicted molar refractivity (Wildman–Crippen MR) is 71.9 cm³/mol. The zero-order chi connectivity index (χ0) is 13.8. The number of carboxylic acid groups (broad SMARTS) is 1. The first-order valence-corrected chi connectivity index (χ1v) is 7.38. The van der Waals surface area contributed by atoms with E-state index in [-0.39, 0.29) is 11.9 Å². The smallest absolute Gasteiger partial charge is 0.320 e. The van der Waals surface area contributed by atoms with Gasteiger partial charge in [0.2, 0.25) is 0 Å². The van der Waals surface area contributed by atoms with E-state index < -0.39 is 5.97 Å². The lowest BCUT2D eigenvalue weighted by Gasteiger charge is -2.33. The molecule has 0 radical (unpaired) electrons. The molecule has 2 heterocycles. The van der Waals surface area contributed by atoms with Gasteiger partial charge in [-0.25, -0.2) is 4.79 Å². The molecule has 2 aliphatic heterocycles. The van der Waals surface area contributed by atoms with Gasteiger partial charge in [0.05, 0.1) is 5.92 Å². The number of rotatable bonds is 3. The van der Waals surface area contributed by atoms with Gasteiger partial charge < -0.3 is 14.9 Å². The SMILES string of the molecule is CCCC1CCN(C(=O)N2CCC(C(=O)O)CC2)C1. The van der Waals surface area contributed by atoms with Gasteiger partial charge in [-0.1, -0.05) is 13.3 Å². The fraction of sp³-hybridized carbons (Fsp3) is 0.857. The molecule has 2 saturated heterocycles. The summed E-state index contributed by atoms with van der Waals surface area (Å²) >= 11 is 0. The fourth-order valence-electron chi connectivity index (χ4n) is 3.17. The molecule has 1 atom stereocenters. The third-order valence-electron chi connectivity index (χ3n) is 4.37. The summed E-state index contributed by atoms with van der Waals surface area (Å²) in [5.41, 5.74) is 0. The molecular weight excluding hydrogens is 244 g/mol. The van der Waals surface area contributed by atoms with Crippen molar-refractivity contribution in [2.24, 2.45) is 11.8 Å². The molecule has 2 amide bonds.